The second-order valence-corrected chi connectivity index (χ2v) is 13.7. The first-order valence-electron chi connectivity index (χ1n) is 16.9. The van der Waals surface area contributed by atoms with Crippen molar-refractivity contribution < 1.29 is 33.4 Å². The highest BCUT2D eigenvalue weighted by atomic mass is 32.1. The smallest absolute Gasteiger partial charge is 0.308 e. The summed E-state index contributed by atoms with van der Waals surface area (Å²) in [5, 5.41) is 4.74. The van der Waals surface area contributed by atoms with E-state index in [4.69, 9.17) is 9.47 Å². The zero-order chi connectivity index (χ0) is 37.7. The Kier molecular flexibility index (Phi) is 15.5. The van der Waals surface area contributed by atoms with Gasteiger partial charge in [-0.3, -0.25) is 24.0 Å². The molecule has 2 aromatic heterocycles. The molecule has 0 saturated heterocycles. The second-order valence-electron chi connectivity index (χ2n) is 12.8. The quantitative estimate of drug-likeness (QED) is 0.143. The van der Waals surface area contributed by atoms with E-state index in [0.29, 0.717) is 23.6 Å². The van der Waals surface area contributed by atoms with E-state index in [-0.39, 0.29) is 42.1 Å². The van der Waals surface area contributed by atoms with Gasteiger partial charge in [-0.1, -0.05) is 71.4 Å². The lowest BCUT2D eigenvalue weighted by molar-refractivity contribution is -0.149. The minimum absolute atomic E-state index is 0.0415. The molecule has 14 heteroatoms. The normalized spacial score (nSPS) is 14.5. The van der Waals surface area contributed by atoms with Crippen LogP contribution >= 0.6 is 11.3 Å². The van der Waals surface area contributed by atoms with Gasteiger partial charge in [0.05, 0.1) is 13.0 Å². The molecule has 3 rings (SSSR count). The number of nitrogens with zero attached hydrogens (tertiary/aromatic N) is 5. The third-order valence-electron chi connectivity index (χ3n) is 8.59. The number of aliphatic imine (C=N–C) groups is 1. The lowest BCUT2D eigenvalue weighted by Gasteiger charge is -2.36. The Balaban J connectivity index is 1.87. The summed E-state index contributed by atoms with van der Waals surface area (Å²) in [6, 6.07) is 9.77. The van der Waals surface area contributed by atoms with E-state index in [1.165, 1.54) is 26.4 Å². The molecule has 0 aliphatic carbocycles. The number of thiazole rings is 1. The van der Waals surface area contributed by atoms with E-state index in [9.17, 15) is 24.0 Å². The molecule has 0 aliphatic heterocycles. The van der Waals surface area contributed by atoms with Gasteiger partial charge in [-0.25, -0.2) is 19.9 Å². The van der Waals surface area contributed by atoms with Crippen molar-refractivity contribution in [1.82, 2.24) is 25.2 Å². The van der Waals surface area contributed by atoms with Gasteiger partial charge in [-0.15, -0.1) is 11.3 Å². The average Bonchev–Trinajstić information content (AvgIpc) is 3.62. The van der Waals surface area contributed by atoms with Crippen molar-refractivity contribution >= 4 is 46.7 Å². The molecule has 3 amide bonds. The zero-order valence-corrected chi connectivity index (χ0v) is 31.3. The van der Waals surface area contributed by atoms with E-state index >= 15 is 0 Å². The minimum Gasteiger partial charge on any atom is -0.469 e. The lowest BCUT2D eigenvalue weighted by Crippen LogP contribution is -2.54. The first-order valence-corrected chi connectivity index (χ1v) is 17.8. The van der Waals surface area contributed by atoms with Crippen molar-refractivity contribution in [2.75, 3.05) is 14.2 Å². The molecule has 0 fully saturated rings. The van der Waals surface area contributed by atoms with E-state index < -0.39 is 47.9 Å². The fourth-order valence-electron chi connectivity index (χ4n) is 5.55. The van der Waals surface area contributed by atoms with Crippen molar-refractivity contribution in [3.05, 3.63) is 76.3 Å². The topological polar surface area (TPSA) is 170 Å². The van der Waals surface area contributed by atoms with Crippen LogP contribution in [0.4, 0.5) is 0 Å². The molecule has 0 bridgehead atoms. The van der Waals surface area contributed by atoms with Crippen LogP contribution in [0.25, 0.3) is 0 Å². The number of nitrogens with one attached hydrogen (secondary N) is 1. The molecule has 0 unspecified atom stereocenters. The molecule has 0 saturated carbocycles. The second kappa shape index (κ2) is 19.5. The van der Waals surface area contributed by atoms with Crippen LogP contribution in [0.3, 0.4) is 0 Å². The number of aromatic nitrogens is 3. The van der Waals surface area contributed by atoms with Crippen LogP contribution in [0.5, 0.6) is 0 Å². The van der Waals surface area contributed by atoms with E-state index in [0.717, 1.165) is 16.9 Å². The average molecular weight is 721 g/mol. The van der Waals surface area contributed by atoms with Crippen LogP contribution in [0.1, 0.15) is 98.6 Å². The van der Waals surface area contributed by atoms with Crippen LogP contribution in [0.2, 0.25) is 0 Å². The number of esters is 2. The van der Waals surface area contributed by atoms with E-state index in [1.54, 1.807) is 30.3 Å². The number of carbonyl (C=O) groups excluding carboxylic acids is 5. The van der Waals surface area contributed by atoms with Crippen LogP contribution in [0, 0.1) is 17.8 Å². The molecular formula is C37H48N6O7S. The predicted molar refractivity (Wildman–Crippen MR) is 193 cm³/mol. The van der Waals surface area contributed by atoms with Crippen LogP contribution < -0.4 is 5.32 Å². The molecule has 5 atom stereocenters. The van der Waals surface area contributed by atoms with Gasteiger partial charge in [0.1, 0.15) is 16.7 Å². The Morgan fingerprint density at radius 3 is 2.25 bits per heavy atom. The molecule has 1 aromatic carbocycles. The number of likely N-dealkylation sites (N-methyl/N-ethyl adjacent to an activating group) is 1. The highest BCUT2D eigenvalue weighted by Gasteiger charge is 2.36. The SMILES string of the molecule is CC[C@H](C)[C@H](NC(=O)c1ncccn1)C(=O)N(C)[C@H](C[C@@H](OC(C)=O)c1nc(C(=O)N=C(Cc2ccccc2)C[C@H](C)C(=O)OC)cs1)C(C)C. The van der Waals surface area contributed by atoms with Gasteiger partial charge in [0.15, 0.2) is 6.10 Å². The van der Waals surface area contributed by atoms with Crippen LogP contribution in [0.15, 0.2) is 59.2 Å². The van der Waals surface area contributed by atoms with Gasteiger partial charge < -0.3 is 19.7 Å². The maximum Gasteiger partial charge on any atom is 0.308 e. The molecule has 51 heavy (non-hydrogen) atoms. The number of methoxy groups -OCH3 is 1. The van der Waals surface area contributed by atoms with E-state index in [1.807, 2.05) is 58.0 Å². The van der Waals surface area contributed by atoms with Gasteiger partial charge >= 0.3 is 11.9 Å². The number of rotatable bonds is 17. The summed E-state index contributed by atoms with van der Waals surface area (Å²) in [6.45, 7) is 10.7. The third kappa shape index (κ3) is 11.9. The van der Waals surface area contributed by atoms with Crippen molar-refractivity contribution in [3.8, 4) is 0 Å². The Hall–Kier alpha value is -4.85. The van der Waals surface area contributed by atoms with Gasteiger partial charge in [0, 0.05) is 56.3 Å². The molecule has 3 aromatic rings. The lowest BCUT2D eigenvalue weighted by atomic mass is 9.93. The summed E-state index contributed by atoms with van der Waals surface area (Å²) in [6.07, 6.45) is 3.41. The number of hydrogen-bond donors (Lipinski definition) is 1. The summed E-state index contributed by atoms with van der Waals surface area (Å²) < 4.78 is 10.6. The first-order chi connectivity index (χ1) is 24.2. The molecule has 1 N–H and O–H groups in total. The third-order valence-corrected chi connectivity index (χ3v) is 9.52. The highest BCUT2D eigenvalue weighted by molar-refractivity contribution is 7.09. The number of benzene rings is 1. The summed E-state index contributed by atoms with van der Waals surface area (Å²) >= 11 is 1.15. The highest BCUT2D eigenvalue weighted by Crippen LogP contribution is 2.31. The largest absolute Gasteiger partial charge is 0.469 e. The maximum absolute atomic E-state index is 14.0. The summed E-state index contributed by atoms with van der Waals surface area (Å²) in [4.78, 5) is 83.4. The molecule has 13 nitrogen and oxygen atoms in total. The summed E-state index contributed by atoms with van der Waals surface area (Å²) in [5.74, 6) is -3.28. The minimum atomic E-state index is -0.877. The summed E-state index contributed by atoms with van der Waals surface area (Å²) in [5.41, 5.74) is 1.49. The number of carbonyl (C=O) groups is 5. The number of hydrogen-bond acceptors (Lipinski definition) is 11. The summed E-state index contributed by atoms with van der Waals surface area (Å²) in [7, 11) is 2.97. The van der Waals surface area contributed by atoms with Crippen LogP contribution in [-0.4, -0.2) is 81.5 Å². The first kappa shape index (κ1) is 40.6. The Bertz CT molecular complexity index is 1660. The van der Waals surface area contributed by atoms with Crippen molar-refractivity contribution in [2.24, 2.45) is 22.7 Å². The molecule has 0 spiro atoms. The Morgan fingerprint density at radius 2 is 1.67 bits per heavy atom. The monoisotopic (exact) mass is 720 g/mol. The predicted octanol–water partition coefficient (Wildman–Crippen LogP) is 5.28. The van der Waals surface area contributed by atoms with Gasteiger partial charge in [0.2, 0.25) is 11.7 Å². The van der Waals surface area contributed by atoms with Crippen molar-refractivity contribution in [1.29, 1.82) is 0 Å². The van der Waals surface area contributed by atoms with Gasteiger partial charge in [0.25, 0.3) is 11.8 Å². The Labute approximate surface area is 303 Å². The number of amides is 3. The van der Waals surface area contributed by atoms with Gasteiger partial charge in [-0.2, -0.15) is 0 Å². The van der Waals surface area contributed by atoms with E-state index in [2.05, 4.69) is 25.3 Å². The van der Waals surface area contributed by atoms with Crippen molar-refractivity contribution in [3.63, 3.8) is 0 Å². The number of ether oxygens (including phenoxy) is 2. The fourth-order valence-corrected chi connectivity index (χ4v) is 6.38. The van der Waals surface area contributed by atoms with Crippen LogP contribution in [-0.2, 0) is 30.3 Å². The van der Waals surface area contributed by atoms with Crippen molar-refractivity contribution in [2.45, 2.75) is 85.4 Å². The Morgan fingerprint density at radius 1 is 1.00 bits per heavy atom. The molecule has 274 valence electrons. The molecule has 0 aliphatic rings. The molecular weight excluding hydrogens is 673 g/mol. The standard InChI is InChI=1S/C37H48N6O7S/c1-9-23(4)31(42-34(46)32-38-16-13-17-39-32)36(47)43(7)29(22(2)3)20-30(50-25(6)44)35-41-28(21-51-35)33(45)40-27(18-24(5)37(48)49-8)19-26-14-11-10-12-15-26/h10-17,21-24,29-31H,9,18-20H2,1-8H3,(H,42,46)/t23-,24-,29+,30+,31-/m0/s1. The fraction of sp³-hybridized carbons (Fsp3) is 0.486. The zero-order valence-electron chi connectivity index (χ0n) is 30.5. The molecule has 2 heterocycles. The van der Waals surface area contributed by atoms with Gasteiger partial charge in [-0.05, 0) is 29.9 Å². The maximum atomic E-state index is 14.0. The molecule has 0 radical (unpaired) electrons.